The Morgan fingerprint density at radius 2 is 2.11 bits per heavy atom. The largest absolute Gasteiger partial charge is 0.361 e. The molecule has 0 unspecified atom stereocenters. The molecule has 0 spiro atoms. The first-order valence-electron chi connectivity index (χ1n) is 6.10. The van der Waals surface area contributed by atoms with Crippen LogP contribution in [0.4, 0.5) is 0 Å². The Balaban J connectivity index is 2.12. The number of hydrogen-bond acceptors (Lipinski definition) is 2. The number of aromatic amines is 1. The van der Waals surface area contributed by atoms with Crippen molar-refractivity contribution < 1.29 is 0 Å². The van der Waals surface area contributed by atoms with E-state index in [-0.39, 0.29) is 0 Å². The maximum atomic E-state index is 5.63. The van der Waals surface area contributed by atoms with Gasteiger partial charge in [0.05, 0.1) is 5.69 Å². The van der Waals surface area contributed by atoms with Crippen molar-refractivity contribution in [1.29, 1.82) is 0 Å². The summed E-state index contributed by atoms with van der Waals surface area (Å²) in [5, 5.41) is 1.24. The number of fused-ring (bicyclic) bond motifs is 1. The van der Waals surface area contributed by atoms with Gasteiger partial charge in [0.2, 0.25) is 0 Å². The summed E-state index contributed by atoms with van der Waals surface area (Å²) in [6, 6.07) is 12.3. The van der Waals surface area contributed by atoms with Gasteiger partial charge in [0.25, 0.3) is 0 Å². The summed E-state index contributed by atoms with van der Waals surface area (Å²) in [4.78, 5) is 7.66. The number of hydrogen-bond donors (Lipinski definition) is 2. The summed E-state index contributed by atoms with van der Waals surface area (Å²) in [5.41, 5.74) is 10.2. The molecule has 3 nitrogen and oxygen atoms in total. The average molecular weight is 237 g/mol. The standard InChI is InChI=1S/C15H15N3/c16-7-6-12-10-18-15-5-4-11(9-13(12)15)14-3-1-2-8-17-14/h1-5,8-10,18H,6-7,16H2. The zero-order chi connectivity index (χ0) is 12.4. The van der Waals surface area contributed by atoms with Crippen molar-refractivity contribution in [3.8, 4) is 11.3 Å². The minimum atomic E-state index is 0.667. The number of H-pyrrole nitrogens is 1. The molecule has 0 saturated carbocycles. The van der Waals surface area contributed by atoms with Crippen LogP contribution in [0.3, 0.4) is 0 Å². The highest BCUT2D eigenvalue weighted by atomic mass is 14.7. The van der Waals surface area contributed by atoms with Crippen LogP contribution in [-0.4, -0.2) is 16.5 Å². The summed E-state index contributed by atoms with van der Waals surface area (Å²) < 4.78 is 0. The van der Waals surface area contributed by atoms with E-state index in [1.54, 1.807) is 0 Å². The lowest BCUT2D eigenvalue weighted by molar-refractivity contribution is 0.976. The van der Waals surface area contributed by atoms with Gasteiger partial charge in [-0.3, -0.25) is 4.98 Å². The highest BCUT2D eigenvalue weighted by Gasteiger charge is 2.05. The number of benzene rings is 1. The van der Waals surface area contributed by atoms with E-state index in [9.17, 15) is 0 Å². The van der Waals surface area contributed by atoms with E-state index >= 15 is 0 Å². The molecule has 1 aromatic carbocycles. The van der Waals surface area contributed by atoms with Crippen LogP contribution in [0.25, 0.3) is 22.2 Å². The van der Waals surface area contributed by atoms with Gasteiger partial charge in [-0.05, 0) is 42.8 Å². The molecule has 0 radical (unpaired) electrons. The quantitative estimate of drug-likeness (QED) is 0.736. The molecular formula is C15H15N3. The van der Waals surface area contributed by atoms with Gasteiger partial charge in [-0.1, -0.05) is 12.1 Å². The summed E-state index contributed by atoms with van der Waals surface area (Å²) >= 11 is 0. The van der Waals surface area contributed by atoms with Crippen molar-refractivity contribution in [3.05, 3.63) is 54.4 Å². The van der Waals surface area contributed by atoms with E-state index in [4.69, 9.17) is 5.73 Å². The number of aromatic nitrogens is 2. The van der Waals surface area contributed by atoms with E-state index in [0.717, 1.165) is 23.2 Å². The Bertz CT molecular complexity index is 656. The molecule has 18 heavy (non-hydrogen) atoms. The predicted octanol–water partition coefficient (Wildman–Crippen LogP) is 2.73. The Kier molecular flexibility index (Phi) is 2.82. The van der Waals surface area contributed by atoms with Crippen LogP contribution in [0.2, 0.25) is 0 Å². The Morgan fingerprint density at radius 3 is 2.89 bits per heavy atom. The van der Waals surface area contributed by atoms with Crippen LogP contribution in [-0.2, 0) is 6.42 Å². The number of nitrogens with two attached hydrogens (primary N) is 1. The maximum absolute atomic E-state index is 5.63. The topological polar surface area (TPSA) is 54.7 Å². The van der Waals surface area contributed by atoms with Gasteiger partial charge in [-0.2, -0.15) is 0 Å². The molecule has 3 aromatic rings. The normalized spacial score (nSPS) is 10.9. The number of rotatable bonds is 3. The van der Waals surface area contributed by atoms with Gasteiger partial charge in [0, 0.05) is 28.9 Å². The lowest BCUT2D eigenvalue weighted by Gasteiger charge is -2.02. The molecule has 0 aliphatic rings. The second kappa shape index (κ2) is 4.63. The van der Waals surface area contributed by atoms with Crippen LogP contribution < -0.4 is 5.73 Å². The van der Waals surface area contributed by atoms with E-state index in [2.05, 4.69) is 28.2 Å². The molecule has 0 aliphatic heterocycles. The SMILES string of the molecule is NCCc1c[nH]c2ccc(-c3ccccn3)cc12. The van der Waals surface area contributed by atoms with E-state index < -0.39 is 0 Å². The van der Waals surface area contributed by atoms with Crippen LogP contribution in [0.15, 0.2) is 48.8 Å². The second-order valence-electron chi connectivity index (χ2n) is 4.33. The van der Waals surface area contributed by atoms with Gasteiger partial charge in [-0.25, -0.2) is 0 Å². The molecule has 0 atom stereocenters. The molecule has 3 heteroatoms. The smallest absolute Gasteiger partial charge is 0.0702 e. The zero-order valence-electron chi connectivity index (χ0n) is 10.1. The molecule has 2 aromatic heterocycles. The minimum absolute atomic E-state index is 0.667. The molecule has 90 valence electrons. The second-order valence-corrected chi connectivity index (χ2v) is 4.33. The lowest BCUT2D eigenvalue weighted by Crippen LogP contribution is -2.01. The third-order valence-electron chi connectivity index (χ3n) is 3.14. The van der Waals surface area contributed by atoms with Crippen molar-refractivity contribution in [2.75, 3.05) is 6.54 Å². The van der Waals surface area contributed by atoms with Crippen LogP contribution >= 0.6 is 0 Å². The summed E-state index contributed by atoms with van der Waals surface area (Å²) in [5.74, 6) is 0. The molecule has 0 saturated heterocycles. The fourth-order valence-electron chi connectivity index (χ4n) is 2.23. The third kappa shape index (κ3) is 1.89. The van der Waals surface area contributed by atoms with Gasteiger partial charge >= 0.3 is 0 Å². The van der Waals surface area contributed by atoms with Crippen LogP contribution in [0.1, 0.15) is 5.56 Å². The van der Waals surface area contributed by atoms with Crippen molar-refractivity contribution in [1.82, 2.24) is 9.97 Å². The van der Waals surface area contributed by atoms with Gasteiger partial charge in [0.1, 0.15) is 0 Å². The van der Waals surface area contributed by atoms with Crippen molar-refractivity contribution in [2.24, 2.45) is 5.73 Å². The number of pyridine rings is 1. The van der Waals surface area contributed by atoms with Gasteiger partial charge < -0.3 is 10.7 Å². The molecule has 2 heterocycles. The van der Waals surface area contributed by atoms with Crippen molar-refractivity contribution in [2.45, 2.75) is 6.42 Å². The zero-order valence-corrected chi connectivity index (χ0v) is 10.1. The first kappa shape index (κ1) is 11.0. The van der Waals surface area contributed by atoms with Crippen molar-refractivity contribution >= 4 is 10.9 Å². The van der Waals surface area contributed by atoms with Gasteiger partial charge in [-0.15, -0.1) is 0 Å². The maximum Gasteiger partial charge on any atom is 0.0702 e. The lowest BCUT2D eigenvalue weighted by atomic mass is 10.1. The van der Waals surface area contributed by atoms with E-state index in [0.29, 0.717) is 6.54 Å². The summed E-state index contributed by atoms with van der Waals surface area (Å²) in [6.45, 7) is 0.667. The fourth-order valence-corrected chi connectivity index (χ4v) is 2.23. The Hall–Kier alpha value is -2.13. The molecule has 3 N–H and O–H groups in total. The first-order chi connectivity index (χ1) is 8.88. The molecule has 0 aliphatic carbocycles. The number of nitrogens with one attached hydrogen (secondary N) is 1. The molecule has 0 amide bonds. The molecular weight excluding hydrogens is 222 g/mol. The highest BCUT2D eigenvalue weighted by Crippen LogP contribution is 2.25. The van der Waals surface area contributed by atoms with Crippen molar-refractivity contribution in [3.63, 3.8) is 0 Å². The average Bonchev–Trinajstić information content (AvgIpc) is 2.83. The Labute approximate surface area is 106 Å². The molecule has 0 fully saturated rings. The third-order valence-corrected chi connectivity index (χ3v) is 3.14. The Morgan fingerprint density at radius 1 is 1.17 bits per heavy atom. The van der Waals surface area contributed by atoms with Crippen LogP contribution in [0.5, 0.6) is 0 Å². The first-order valence-corrected chi connectivity index (χ1v) is 6.10. The van der Waals surface area contributed by atoms with E-state index in [1.165, 1.54) is 10.9 Å². The monoisotopic (exact) mass is 237 g/mol. The van der Waals surface area contributed by atoms with Crippen LogP contribution in [0, 0.1) is 0 Å². The highest BCUT2D eigenvalue weighted by molar-refractivity contribution is 5.87. The fraction of sp³-hybridized carbons (Fsp3) is 0.133. The van der Waals surface area contributed by atoms with Gasteiger partial charge in [0.15, 0.2) is 0 Å². The summed E-state index contributed by atoms with van der Waals surface area (Å²) in [6.07, 6.45) is 4.75. The minimum Gasteiger partial charge on any atom is -0.361 e. The van der Waals surface area contributed by atoms with E-state index in [1.807, 2.05) is 30.6 Å². The predicted molar refractivity (Wildman–Crippen MR) is 74.3 cm³/mol. The summed E-state index contributed by atoms with van der Waals surface area (Å²) in [7, 11) is 0. The molecule has 3 rings (SSSR count). The number of nitrogens with zero attached hydrogens (tertiary/aromatic N) is 1. The molecule has 0 bridgehead atoms.